The van der Waals surface area contributed by atoms with Gasteiger partial charge in [0.15, 0.2) is 15.7 Å². The van der Waals surface area contributed by atoms with Gasteiger partial charge < -0.3 is 4.90 Å². The number of benzene rings is 1. The Kier molecular flexibility index (Phi) is 4.85. The molecule has 1 aliphatic heterocycles. The molecule has 1 aliphatic rings. The molecule has 0 unspecified atom stereocenters. The summed E-state index contributed by atoms with van der Waals surface area (Å²) in [5, 5.41) is -0.556. The van der Waals surface area contributed by atoms with Crippen molar-refractivity contribution >= 4 is 54.1 Å². The maximum Gasteiger partial charge on any atom is 0.417 e. The van der Waals surface area contributed by atoms with Crippen LogP contribution in [0, 0.1) is 5.82 Å². The fourth-order valence-corrected chi connectivity index (χ4v) is 5.36. The van der Waals surface area contributed by atoms with Gasteiger partial charge in [-0.15, -0.1) is 0 Å². The predicted octanol–water partition coefficient (Wildman–Crippen LogP) is 3.83. The molecule has 0 N–H and O–H groups in total. The molecular weight excluding hydrogens is 466 g/mol. The quantitative estimate of drug-likeness (QED) is 0.487. The van der Waals surface area contributed by atoms with Gasteiger partial charge in [-0.2, -0.15) is 18.2 Å². The highest BCUT2D eigenvalue weighted by molar-refractivity contribution is 9.10. The maximum absolute atomic E-state index is 14.5. The van der Waals surface area contributed by atoms with E-state index in [4.69, 9.17) is 11.6 Å². The average Bonchev–Trinajstić information content (AvgIpc) is 2.88. The molecule has 0 amide bonds. The van der Waals surface area contributed by atoms with E-state index in [2.05, 4.69) is 25.9 Å². The second kappa shape index (κ2) is 6.45. The van der Waals surface area contributed by atoms with Crippen LogP contribution in [0.1, 0.15) is 12.0 Å². The van der Waals surface area contributed by atoms with E-state index in [9.17, 15) is 26.0 Å². The Balaban J connectivity index is 2.24. The lowest BCUT2D eigenvalue weighted by atomic mass is 10.1. The summed E-state index contributed by atoms with van der Waals surface area (Å²) in [4.78, 5) is 9.03. The van der Waals surface area contributed by atoms with E-state index in [-0.39, 0.29) is 39.9 Å². The number of fused-ring (bicyclic) bond motifs is 1. The van der Waals surface area contributed by atoms with Crippen LogP contribution in [0.2, 0.25) is 5.28 Å². The third-order valence-electron chi connectivity index (χ3n) is 4.22. The first-order valence-electron chi connectivity index (χ1n) is 7.26. The standard InChI is InChI=1S/C14H11BrClF4N3O2S/c1-23(6-2-3-26(24,25)5-6)12-7-4-8(14(18,19)20)9(15)10(17)11(7)21-13(16)22-12/h4,6H,2-3,5H2,1H3/t6-/m0/s1. The Morgan fingerprint density at radius 1 is 1.35 bits per heavy atom. The molecule has 12 heteroatoms. The molecule has 5 nitrogen and oxygen atoms in total. The van der Waals surface area contributed by atoms with Gasteiger partial charge in [0, 0.05) is 18.5 Å². The van der Waals surface area contributed by atoms with Crippen molar-refractivity contribution in [2.75, 3.05) is 23.5 Å². The number of hydrogen-bond donors (Lipinski definition) is 0. The first-order chi connectivity index (χ1) is 11.9. The van der Waals surface area contributed by atoms with Crippen LogP contribution in [0.5, 0.6) is 0 Å². The molecule has 1 aromatic heterocycles. The SMILES string of the molecule is CN(c1nc(Cl)nc2c(F)c(Br)c(C(F)(F)F)cc12)[C@H]1CCS(=O)(=O)C1. The Labute approximate surface area is 159 Å². The van der Waals surface area contributed by atoms with Crippen molar-refractivity contribution in [3.8, 4) is 0 Å². The van der Waals surface area contributed by atoms with Gasteiger partial charge in [0.1, 0.15) is 11.3 Å². The van der Waals surface area contributed by atoms with Crippen LogP contribution in [-0.2, 0) is 16.0 Å². The molecule has 0 spiro atoms. The van der Waals surface area contributed by atoms with E-state index >= 15 is 0 Å². The fraction of sp³-hybridized carbons (Fsp3) is 0.429. The van der Waals surface area contributed by atoms with Gasteiger partial charge in [-0.25, -0.2) is 17.8 Å². The lowest BCUT2D eigenvalue weighted by Gasteiger charge is -2.26. The molecule has 2 aromatic rings. The molecule has 0 saturated carbocycles. The number of nitrogens with zero attached hydrogens (tertiary/aromatic N) is 3. The van der Waals surface area contributed by atoms with Crippen molar-refractivity contribution in [3.63, 3.8) is 0 Å². The van der Waals surface area contributed by atoms with Gasteiger partial charge in [-0.05, 0) is 40.0 Å². The molecule has 26 heavy (non-hydrogen) atoms. The molecule has 1 aromatic carbocycles. The molecule has 2 heterocycles. The zero-order chi connectivity index (χ0) is 19.4. The number of halogens is 6. The first kappa shape index (κ1) is 19.6. The zero-order valence-corrected chi connectivity index (χ0v) is 16.3. The van der Waals surface area contributed by atoms with Crippen molar-refractivity contribution in [2.45, 2.75) is 18.6 Å². The summed E-state index contributed by atoms with van der Waals surface area (Å²) in [6, 6.07) is 0.226. The Bertz CT molecular complexity index is 1000. The molecule has 142 valence electrons. The summed E-state index contributed by atoms with van der Waals surface area (Å²) in [7, 11) is -1.75. The third-order valence-corrected chi connectivity index (χ3v) is 6.91. The average molecular weight is 477 g/mol. The molecule has 0 aliphatic carbocycles. The fourth-order valence-electron chi connectivity index (χ4n) is 2.89. The van der Waals surface area contributed by atoms with E-state index in [1.165, 1.54) is 11.9 Å². The highest BCUT2D eigenvalue weighted by Gasteiger charge is 2.37. The molecule has 0 radical (unpaired) electrons. The number of alkyl halides is 3. The van der Waals surface area contributed by atoms with Crippen molar-refractivity contribution in [3.05, 3.63) is 27.2 Å². The van der Waals surface area contributed by atoms with Crippen LogP contribution < -0.4 is 4.90 Å². The maximum atomic E-state index is 14.5. The van der Waals surface area contributed by atoms with Crippen LogP contribution >= 0.6 is 27.5 Å². The summed E-state index contributed by atoms with van der Waals surface area (Å²) in [6.45, 7) is 0. The summed E-state index contributed by atoms with van der Waals surface area (Å²) in [6.07, 6.45) is -4.52. The predicted molar refractivity (Wildman–Crippen MR) is 92.7 cm³/mol. The van der Waals surface area contributed by atoms with E-state index in [1.54, 1.807) is 0 Å². The Hall–Kier alpha value is -1.20. The van der Waals surface area contributed by atoms with Gasteiger partial charge in [-0.3, -0.25) is 0 Å². The largest absolute Gasteiger partial charge is 0.417 e. The topological polar surface area (TPSA) is 63.2 Å². The monoisotopic (exact) mass is 475 g/mol. The van der Waals surface area contributed by atoms with Gasteiger partial charge in [0.05, 0.1) is 21.5 Å². The van der Waals surface area contributed by atoms with Crippen LogP contribution in [0.15, 0.2) is 10.5 Å². The molecule has 0 bridgehead atoms. The van der Waals surface area contributed by atoms with E-state index < -0.39 is 37.9 Å². The van der Waals surface area contributed by atoms with Crippen LogP contribution in [0.3, 0.4) is 0 Å². The lowest BCUT2D eigenvalue weighted by molar-refractivity contribution is -0.138. The number of aromatic nitrogens is 2. The van der Waals surface area contributed by atoms with Crippen molar-refractivity contribution < 1.29 is 26.0 Å². The van der Waals surface area contributed by atoms with E-state index in [0.717, 1.165) is 6.07 Å². The minimum atomic E-state index is -4.81. The minimum Gasteiger partial charge on any atom is -0.355 e. The van der Waals surface area contributed by atoms with E-state index in [1.807, 2.05) is 0 Å². The highest BCUT2D eigenvalue weighted by atomic mass is 79.9. The van der Waals surface area contributed by atoms with Crippen LogP contribution in [-0.4, -0.2) is 43.0 Å². The third kappa shape index (κ3) is 3.48. The summed E-state index contributed by atoms with van der Waals surface area (Å²) >= 11 is 8.43. The van der Waals surface area contributed by atoms with Gasteiger partial charge in [0.25, 0.3) is 0 Å². The second-order valence-electron chi connectivity index (χ2n) is 5.93. The van der Waals surface area contributed by atoms with E-state index in [0.29, 0.717) is 0 Å². The number of rotatable bonds is 2. The van der Waals surface area contributed by atoms with Crippen LogP contribution in [0.4, 0.5) is 23.4 Å². The molecule has 1 saturated heterocycles. The summed E-state index contributed by atoms with van der Waals surface area (Å²) < 4.78 is 76.8. The van der Waals surface area contributed by atoms with Crippen molar-refractivity contribution in [2.24, 2.45) is 0 Å². The second-order valence-corrected chi connectivity index (χ2v) is 9.29. The zero-order valence-electron chi connectivity index (χ0n) is 13.1. The van der Waals surface area contributed by atoms with Crippen LogP contribution in [0.25, 0.3) is 10.9 Å². The summed E-state index contributed by atoms with van der Waals surface area (Å²) in [5.74, 6) is -1.48. The molecule has 1 atom stereocenters. The lowest BCUT2D eigenvalue weighted by Crippen LogP contribution is -2.33. The molecular formula is C14H11BrClF4N3O2S. The first-order valence-corrected chi connectivity index (χ1v) is 10.3. The molecule has 1 fully saturated rings. The number of anilines is 1. The smallest absolute Gasteiger partial charge is 0.355 e. The summed E-state index contributed by atoms with van der Waals surface area (Å²) in [5.41, 5.74) is -1.60. The van der Waals surface area contributed by atoms with Gasteiger partial charge in [-0.1, -0.05) is 0 Å². The molecule has 3 rings (SSSR count). The number of hydrogen-bond acceptors (Lipinski definition) is 5. The highest BCUT2D eigenvalue weighted by Crippen LogP contribution is 2.41. The normalized spacial score (nSPS) is 19.9. The van der Waals surface area contributed by atoms with Crippen molar-refractivity contribution in [1.82, 2.24) is 9.97 Å². The van der Waals surface area contributed by atoms with Gasteiger partial charge in [0.2, 0.25) is 5.28 Å². The van der Waals surface area contributed by atoms with Crippen molar-refractivity contribution in [1.29, 1.82) is 0 Å². The number of sulfone groups is 1. The minimum absolute atomic E-state index is 0.0353. The van der Waals surface area contributed by atoms with Gasteiger partial charge >= 0.3 is 6.18 Å². The Morgan fingerprint density at radius 2 is 2.00 bits per heavy atom. The Morgan fingerprint density at radius 3 is 2.54 bits per heavy atom.